The molecular weight excluding hydrogens is 343 g/mol. The summed E-state index contributed by atoms with van der Waals surface area (Å²) >= 11 is 1.72. The van der Waals surface area contributed by atoms with Gasteiger partial charge in [0, 0.05) is 31.6 Å². The van der Waals surface area contributed by atoms with Crippen molar-refractivity contribution in [1.29, 1.82) is 0 Å². The van der Waals surface area contributed by atoms with Crippen LogP contribution in [0.4, 0.5) is 5.13 Å². The SMILES string of the molecule is Cl.Cl.c1sc(N2CCCCC2)nc1-c1nnc2n1CCNC2. The third-order valence-electron chi connectivity index (χ3n) is 3.97. The van der Waals surface area contributed by atoms with Crippen LogP contribution in [0.5, 0.6) is 0 Å². The Balaban J connectivity index is 0.000000882. The highest BCUT2D eigenvalue weighted by Crippen LogP contribution is 2.29. The highest BCUT2D eigenvalue weighted by molar-refractivity contribution is 7.14. The normalized spacial score (nSPS) is 17.4. The van der Waals surface area contributed by atoms with Crippen molar-refractivity contribution in [2.24, 2.45) is 0 Å². The third-order valence-corrected chi connectivity index (χ3v) is 4.87. The van der Waals surface area contributed by atoms with Crippen molar-refractivity contribution in [3.63, 3.8) is 0 Å². The van der Waals surface area contributed by atoms with E-state index in [1.807, 2.05) is 0 Å². The Morgan fingerprint density at radius 3 is 2.68 bits per heavy atom. The minimum Gasteiger partial charge on any atom is -0.348 e. The highest BCUT2D eigenvalue weighted by Gasteiger charge is 2.20. The summed E-state index contributed by atoms with van der Waals surface area (Å²) in [5.41, 5.74) is 0.969. The van der Waals surface area contributed by atoms with Gasteiger partial charge in [0.25, 0.3) is 0 Å². The average Bonchev–Trinajstić information content (AvgIpc) is 3.14. The number of aromatic nitrogens is 4. The number of rotatable bonds is 2. The van der Waals surface area contributed by atoms with Crippen LogP contribution >= 0.6 is 36.2 Å². The van der Waals surface area contributed by atoms with Gasteiger partial charge in [-0.3, -0.25) is 0 Å². The van der Waals surface area contributed by atoms with E-state index >= 15 is 0 Å². The van der Waals surface area contributed by atoms with E-state index in [0.29, 0.717) is 0 Å². The molecule has 1 N–H and O–H groups in total. The van der Waals surface area contributed by atoms with Crippen LogP contribution in [0.2, 0.25) is 0 Å². The smallest absolute Gasteiger partial charge is 0.185 e. The van der Waals surface area contributed by atoms with E-state index in [0.717, 1.165) is 55.2 Å². The number of anilines is 1. The molecule has 0 spiro atoms. The first-order valence-corrected chi connectivity index (χ1v) is 8.13. The fourth-order valence-corrected chi connectivity index (χ4v) is 3.74. The Morgan fingerprint density at radius 2 is 1.86 bits per heavy atom. The molecule has 22 heavy (non-hydrogen) atoms. The lowest BCUT2D eigenvalue weighted by Crippen LogP contribution is -2.29. The van der Waals surface area contributed by atoms with Crippen LogP contribution in [0.3, 0.4) is 0 Å². The van der Waals surface area contributed by atoms with Gasteiger partial charge < -0.3 is 14.8 Å². The van der Waals surface area contributed by atoms with Crippen LogP contribution in [0, 0.1) is 0 Å². The number of thiazole rings is 1. The lowest BCUT2D eigenvalue weighted by molar-refractivity contribution is 0.508. The number of nitrogens with one attached hydrogen (secondary N) is 1. The summed E-state index contributed by atoms with van der Waals surface area (Å²) in [6.07, 6.45) is 3.90. The van der Waals surface area contributed by atoms with Gasteiger partial charge in [-0.05, 0) is 19.3 Å². The quantitative estimate of drug-likeness (QED) is 0.888. The number of fused-ring (bicyclic) bond motifs is 1. The van der Waals surface area contributed by atoms with Crippen molar-refractivity contribution in [3.8, 4) is 11.5 Å². The number of hydrogen-bond donors (Lipinski definition) is 1. The van der Waals surface area contributed by atoms with Gasteiger partial charge in [0.2, 0.25) is 0 Å². The van der Waals surface area contributed by atoms with Gasteiger partial charge in [-0.1, -0.05) is 0 Å². The van der Waals surface area contributed by atoms with Gasteiger partial charge in [-0.25, -0.2) is 4.98 Å². The van der Waals surface area contributed by atoms with Gasteiger partial charge in [0.1, 0.15) is 11.5 Å². The van der Waals surface area contributed by atoms with Gasteiger partial charge in [-0.15, -0.1) is 46.3 Å². The summed E-state index contributed by atoms with van der Waals surface area (Å²) in [6.45, 7) is 4.97. The van der Waals surface area contributed by atoms with Crippen LogP contribution in [-0.2, 0) is 13.1 Å². The van der Waals surface area contributed by atoms with Crippen LogP contribution in [0.25, 0.3) is 11.5 Å². The maximum Gasteiger partial charge on any atom is 0.185 e. The zero-order chi connectivity index (χ0) is 13.4. The summed E-state index contributed by atoms with van der Waals surface area (Å²) in [5, 5.41) is 15.1. The minimum atomic E-state index is 0. The molecule has 1 fully saturated rings. The summed E-state index contributed by atoms with van der Waals surface area (Å²) < 4.78 is 2.19. The van der Waals surface area contributed by atoms with Gasteiger partial charge >= 0.3 is 0 Å². The van der Waals surface area contributed by atoms with Crippen LogP contribution in [0.15, 0.2) is 5.38 Å². The van der Waals surface area contributed by atoms with Crippen molar-refractivity contribution >= 4 is 41.3 Å². The maximum atomic E-state index is 4.79. The minimum absolute atomic E-state index is 0. The van der Waals surface area contributed by atoms with Gasteiger partial charge in [0.15, 0.2) is 11.0 Å². The Labute approximate surface area is 146 Å². The summed E-state index contributed by atoms with van der Waals surface area (Å²) in [5.74, 6) is 1.93. The summed E-state index contributed by atoms with van der Waals surface area (Å²) in [4.78, 5) is 7.18. The Bertz CT molecular complexity index is 607. The highest BCUT2D eigenvalue weighted by atomic mass is 35.5. The van der Waals surface area contributed by atoms with Crippen molar-refractivity contribution in [1.82, 2.24) is 25.1 Å². The van der Waals surface area contributed by atoms with Crippen LogP contribution in [0.1, 0.15) is 25.1 Å². The lowest BCUT2D eigenvalue weighted by atomic mass is 10.1. The average molecular weight is 363 g/mol. The Hall–Kier alpha value is -0.890. The van der Waals surface area contributed by atoms with Crippen LogP contribution in [-0.4, -0.2) is 39.4 Å². The van der Waals surface area contributed by atoms with E-state index in [4.69, 9.17) is 4.98 Å². The van der Waals surface area contributed by atoms with Crippen molar-refractivity contribution in [2.45, 2.75) is 32.4 Å². The van der Waals surface area contributed by atoms with E-state index in [1.54, 1.807) is 11.3 Å². The van der Waals surface area contributed by atoms with E-state index in [1.165, 1.54) is 19.3 Å². The predicted molar refractivity (Wildman–Crippen MR) is 93.4 cm³/mol. The first kappa shape index (κ1) is 17.5. The number of piperidine rings is 1. The summed E-state index contributed by atoms with van der Waals surface area (Å²) in [6, 6.07) is 0. The maximum absolute atomic E-state index is 4.79. The predicted octanol–water partition coefficient (Wildman–Crippen LogP) is 2.34. The molecule has 4 rings (SSSR count). The molecule has 2 aromatic rings. The molecule has 0 unspecified atom stereocenters. The monoisotopic (exact) mass is 362 g/mol. The number of nitrogens with zero attached hydrogens (tertiary/aromatic N) is 5. The van der Waals surface area contributed by atoms with E-state index in [2.05, 4.69) is 30.4 Å². The first-order chi connectivity index (χ1) is 9.92. The third kappa shape index (κ3) is 3.22. The molecule has 0 atom stereocenters. The Morgan fingerprint density at radius 1 is 1.05 bits per heavy atom. The van der Waals surface area contributed by atoms with Crippen molar-refractivity contribution < 1.29 is 0 Å². The molecule has 0 radical (unpaired) electrons. The molecule has 2 aliphatic heterocycles. The topological polar surface area (TPSA) is 58.9 Å². The fraction of sp³-hybridized carbons (Fsp3) is 0.615. The van der Waals surface area contributed by atoms with Gasteiger partial charge in [-0.2, -0.15) is 0 Å². The zero-order valence-corrected chi connectivity index (χ0v) is 14.6. The molecule has 0 bridgehead atoms. The molecule has 0 amide bonds. The van der Waals surface area contributed by atoms with E-state index < -0.39 is 0 Å². The standard InChI is InChI=1S/C13H18N6S.2ClH/c1-2-5-18(6-3-1)13-15-10(9-20-13)12-17-16-11-8-14-4-7-19(11)12;;/h9,14H,1-8H2;2*1H. The second kappa shape index (κ2) is 7.59. The molecule has 6 nitrogen and oxygen atoms in total. The number of hydrogen-bond acceptors (Lipinski definition) is 6. The summed E-state index contributed by atoms with van der Waals surface area (Å²) in [7, 11) is 0. The van der Waals surface area contributed by atoms with E-state index in [-0.39, 0.29) is 24.8 Å². The van der Waals surface area contributed by atoms with Crippen molar-refractivity contribution in [2.75, 3.05) is 24.5 Å². The fourth-order valence-electron chi connectivity index (χ4n) is 2.88. The molecule has 1 saturated heterocycles. The molecule has 0 saturated carbocycles. The molecule has 2 aliphatic rings. The zero-order valence-electron chi connectivity index (χ0n) is 12.2. The van der Waals surface area contributed by atoms with Crippen LogP contribution < -0.4 is 10.2 Å². The molecule has 4 heterocycles. The largest absolute Gasteiger partial charge is 0.348 e. The molecule has 122 valence electrons. The molecule has 0 aromatic carbocycles. The molecule has 9 heteroatoms. The van der Waals surface area contributed by atoms with Crippen molar-refractivity contribution in [3.05, 3.63) is 11.2 Å². The first-order valence-electron chi connectivity index (χ1n) is 7.25. The van der Waals surface area contributed by atoms with E-state index in [9.17, 15) is 0 Å². The molecular formula is C13H20Cl2N6S. The van der Waals surface area contributed by atoms with Gasteiger partial charge in [0.05, 0.1) is 6.54 Å². The number of halogens is 2. The molecule has 2 aromatic heterocycles. The lowest BCUT2D eigenvalue weighted by Gasteiger charge is -2.25. The second-order valence-electron chi connectivity index (χ2n) is 5.33. The Kier molecular flexibility index (Phi) is 6.02. The second-order valence-corrected chi connectivity index (χ2v) is 6.17. The molecule has 0 aliphatic carbocycles.